The van der Waals surface area contributed by atoms with Gasteiger partial charge in [0.05, 0.1) is 25.9 Å². The van der Waals surface area contributed by atoms with Crippen LogP contribution in [0, 0.1) is 6.92 Å². The van der Waals surface area contributed by atoms with E-state index in [2.05, 4.69) is 52.2 Å². The first-order chi connectivity index (χ1) is 13.7. The number of nitrogens with one attached hydrogen (secondary N) is 1. The minimum Gasteiger partial charge on any atom is -0.383 e. The topological polar surface area (TPSA) is 62.2 Å². The first kappa shape index (κ1) is 20.6. The molecule has 7 heteroatoms. The lowest BCUT2D eigenvalue weighted by Gasteiger charge is -2.38. The molecule has 1 saturated heterocycles. The number of piperazine rings is 1. The summed E-state index contributed by atoms with van der Waals surface area (Å²) in [7, 11) is 1.73. The molecule has 7 nitrogen and oxygen atoms in total. The van der Waals surface area contributed by atoms with Crippen LogP contribution < -0.4 is 10.2 Å². The average Bonchev–Trinajstić information content (AvgIpc) is 2.72. The predicted molar refractivity (Wildman–Crippen MR) is 113 cm³/mol. The number of rotatable bonds is 6. The minimum absolute atomic E-state index is 0.164. The summed E-state index contributed by atoms with van der Waals surface area (Å²) < 4.78 is 11.1. The maximum atomic E-state index is 5.77. The van der Waals surface area contributed by atoms with Gasteiger partial charge in [-0.3, -0.25) is 4.99 Å². The zero-order chi connectivity index (χ0) is 19.8. The summed E-state index contributed by atoms with van der Waals surface area (Å²) in [4.78, 5) is 14.1. The van der Waals surface area contributed by atoms with Gasteiger partial charge in [0.1, 0.15) is 5.82 Å². The molecule has 28 heavy (non-hydrogen) atoms. The highest BCUT2D eigenvalue weighted by atomic mass is 16.5. The van der Waals surface area contributed by atoms with Crippen LogP contribution in [0.2, 0.25) is 0 Å². The number of guanidine groups is 1. The standard InChI is InChI=1S/C21H33N5O2/c1-17-7-8-22-20(14-17)25-9-11-26(12-10-25)21(24-18(2)16-27-3)23-15-19-6-4-5-13-28-19/h4-5,7-8,14,18-19H,6,9-13,15-16H2,1-3H3,(H,23,24). The van der Waals surface area contributed by atoms with Gasteiger partial charge in [0.25, 0.3) is 0 Å². The number of aromatic nitrogens is 1. The Morgan fingerprint density at radius 1 is 1.36 bits per heavy atom. The molecule has 0 spiro atoms. The van der Waals surface area contributed by atoms with Gasteiger partial charge in [-0.1, -0.05) is 12.2 Å². The molecule has 2 unspecified atom stereocenters. The molecule has 1 fully saturated rings. The molecule has 2 aliphatic heterocycles. The van der Waals surface area contributed by atoms with Crippen molar-refractivity contribution in [3.63, 3.8) is 0 Å². The highest BCUT2D eigenvalue weighted by Gasteiger charge is 2.22. The molecule has 1 N–H and O–H groups in total. The summed E-state index contributed by atoms with van der Waals surface area (Å²) in [6.45, 7) is 9.91. The van der Waals surface area contributed by atoms with E-state index in [0.717, 1.165) is 44.4 Å². The maximum Gasteiger partial charge on any atom is 0.194 e. The van der Waals surface area contributed by atoms with E-state index in [1.54, 1.807) is 7.11 Å². The van der Waals surface area contributed by atoms with Crippen molar-refractivity contribution in [2.45, 2.75) is 32.4 Å². The zero-order valence-electron chi connectivity index (χ0n) is 17.3. The van der Waals surface area contributed by atoms with Gasteiger partial charge in [-0.2, -0.15) is 0 Å². The quantitative estimate of drug-likeness (QED) is 0.457. The van der Waals surface area contributed by atoms with Gasteiger partial charge in [0, 0.05) is 45.5 Å². The normalized spacial score (nSPS) is 21.7. The van der Waals surface area contributed by atoms with E-state index in [1.807, 2.05) is 12.3 Å². The number of anilines is 1. The van der Waals surface area contributed by atoms with Crippen LogP contribution in [-0.2, 0) is 9.47 Å². The molecule has 2 aliphatic rings. The maximum absolute atomic E-state index is 5.77. The fourth-order valence-electron chi connectivity index (χ4n) is 3.48. The van der Waals surface area contributed by atoms with Crippen molar-refractivity contribution in [3.05, 3.63) is 36.0 Å². The van der Waals surface area contributed by atoms with E-state index in [-0.39, 0.29) is 12.1 Å². The smallest absolute Gasteiger partial charge is 0.194 e. The van der Waals surface area contributed by atoms with Gasteiger partial charge in [0.2, 0.25) is 0 Å². The second-order valence-electron chi connectivity index (χ2n) is 7.49. The number of pyridine rings is 1. The number of nitrogens with zero attached hydrogens (tertiary/aromatic N) is 4. The number of methoxy groups -OCH3 is 1. The summed E-state index contributed by atoms with van der Waals surface area (Å²) >= 11 is 0. The largest absolute Gasteiger partial charge is 0.383 e. The molecule has 2 atom stereocenters. The molecule has 0 saturated carbocycles. The van der Waals surface area contributed by atoms with Crippen molar-refractivity contribution < 1.29 is 9.47 Å². The second kappa shape index (κ2) is 10.4. The number of ether oxygens (including phenoxy) is 2. The van der Waals surface area contributed by atoms with Crippen LogP contribution in [0.1, 0.15) is 18.9 Å². The number of aliphatic imine (C=N–C) groups is 1. The van der Waals surface area contributed by atoms with Crippen LogP contribution in [0.25, 0.3) is 0 Å². The lowest BCUT2D eigenvalue weighted by molar-refractivity contribution is 0.0744. The van der Waals surface area contributed by atoms with Gasteiger partial charge in [-0.05, 0) is 38.0 Å². The van der Waals surface area contributed by atoms with Crippen molar-refractivity contribution >= 4 is 11.8 Å². The van der Waals surface area contributed by atoms with Crippen LogP contribution >= 0.6 is 0 Å². The Bertz CT molecular complexity index is 671. The van der Waals surface area contributed by atoms with Crippen molar-refractivity contribution in [2.24, 2.45) is 4.99 Å². The van der Waals surface area contributed by atoms with Crippen molar-refractivity contribution in [1.29, 1.82) is 0 Å². The molecule has 0 amide bonds. The molecule has 0 aromatic carbocycles. The van der Waals surface area contributed by atoms with Crippen molar-refractivity contribution in [2.75, 3.05) is 57.9 Å². The summed E-state index contributed by atoms with van der Waals surface area (Å²) in [6, 6.07) is 4.39. The van der Waals surface area contributed by atoms with Crippen LogP contribution in [0.5, 0.6) is 0 Å². The van der Waals surface area contributed by atoms with E-state index in [4.69, 9.17) is 14.5 Å². The molecule has 1 aromatic heterocycles. The number of hydrogen-bond donors (Lipinski definition) is 1. The third kappa shape index (κ3) is 5.94. The summed E-state index contributed by atoms with van der Waals surface area (Å²) in [6.07, 6.45) is 7.22. The third-order valence-corrected chi connectivity index (χ3v) is 5.03. The van der Waals surface area contributed by atoms with E-state index in [9.17, 15) is 0 Å². The monoisotopic (exact) mass is 387 g/mol. The Morgan fingerprint density at radius 2 is 2.18 bits per heavy atom. The Balaban J connectivity index is 1.62. The van der Waals surface area contributed by atoms with E-state index < -0.39 is 0 Å². The molecular formula is C21H33N5O2. The third-order valence-electron chi connectivity index (χ3n) is 5.03. The van der Waals surface area contributed by atoms with Crippen LogP contribution in [0.4, 0.5) is 5.82 Å². The van der Waals surface area contributed by atoms with Gasteiger partial charge < -0.3 is 24.6 Å². The van der Waals surface area contributed by atoms with Gasteiger partial charge >= 0.3 is 0 Å². The molecule has 3 rings (SSSR count). The van der Waals surface area contributed by atoms with E-state index >= 15 is 0 Å². The Morgan fingerprint density at radius 3 is 2.86 bits per heavy atom. The van der Waals surface area contributed by atoms with E-state index in [0.29, 0.717) is 19.8 Å². The van der Waals surface area contributed by atoms with Gasteiger partial charge in [0.15, 0.2) is 5.96 Å². The molecule has 0 radical (unpaired) electrons. The Hall–Kier alpha value is -2.12. The van der Waals surface area contributed by atoms with E-state index in [1.165, 1.54) is 5.56 Å². The molecule has 154 valence electrons. The fraction of sp³-hybridized carbons (Fsp3) is 0.619. The highest BCUT2D eigenvalue weighted by Crippen LogP contribution is 2.15. The fourth-order valence-corrected chi connectivity index (χ4v) is 3.48. The Labute approximate surface area is 168 Å². The first-order valence-corrected chi connectivity index (χ1v) is 10.1. The number of hydrogen-bond acceptors (Lipinski definition) is 5. The van der Waals surface area contributed by atoms with Crippen molar-refractivity contribution in [1.82, 2.24) is 15.2 Å². The lowest BCUT2D eigenvalue weighted by atomic mass is 10.2. The van der Waals surface area contributed by atoms with Gasteiger partial charge in [-0.25, -0.2) is 4.98 Å². The van der Waals surface area contributed by atoms with Gasteiger partial charge in [-0.15, -0.1) is 0 Å². The zero-order valence-corrected chi connectivity index (χ0v) is 17.3. The molecule has 0 bridgehead atoms. The highest BCUT2D eigenvalue weighted by molar-refractivity contribution is 5.80. The minimum atomic E-state index is 0.164. The predicted octanol–water partition coefficient (Wildman–Crippen LogP) is 1.84. The average molecular weight is 388 g/mol. The molecular weight excluding hydrogens is 354 g/mol. The lowest BCUT2D eigenvalue weighted by Crippen LogP contribution is -2.54. The SMILES string of the molecule is COCC(C)NC(=NCC1CC=CCO1)N1CCN(c2cc(C)ccn2)CC1. The van der Waals surface area contributed by atoms with Crippen LogP contribution in [-0.4, -0.2) is 81.0 Å². The summed E-state index contributed by atoms with van der Waals surface area (Å²) in [5.41, 5.74) is 1.24. The van der Waals surface area contributed by atoms with Crippen LogP contribution in [0.15, 0.2) is 35.5 Å². The summed E-state index contributed by atoms with van der Waals surface area (Å²) in [5.74, 6) is 2.00. The number of aryl methyl sites for hydroxylation is 1. The molecule has 1 aromatic rings. The van der Waals surface area contributed by atoms with Crippen molar-refractivity contribution in [3.8, 4) is 0 Å². The summed E-state index contributed by atoms with van der Waals surface area (Å²) in [5, 5.41) is 3.53. The Kier molecular flexibility index (Phi) is 7.68. The molecule has 3 heterocycles. The first-order valence-electron chi connectivity index (χ1n) is 10.1. The molecule has 0 aliphatic carbocycles. The second-order valence-corrected chi connectivity index (χ2v) is 7.49. The van der Waals surface area contributed by atoms with Crippen LogP contribution in [0.3, 0.4) is 0 Å².